The Morgan fingerprint density at radius 1 is 1.03 bits per heavy atom. The third-order valence-electron chi connectivity index (χ3n) is 4.72. The minimum atomic E-state index is -4.45. The second-order valence-electron chi connectivity index (χ2n) is 7.13. The predicted octanol–water partition coefficient (Wildman–Crippen LogP) is 7.36. The molecule has 1 aromatic carbocycles. The normalized spacial score (nSPS) is 11.6. The van der Waals surface area contributed by atoms with Crippen LogP contribution in [-0.2, 0) is 4.79 Å². The Morgan fingerprint density at radius 2 is 1.53 bits per heavy atom. The molecule has 0 fully saturated rings. The van der Waals surface area contributed by atoms with Gasteiger partial charge in [0.2, 0.25) is 5.91 Å². The maximum absolute atomic E-state index is 12.5. The van der Waals surface area contributed by atoms with Crippen LogP contribution < -0.4 is 4.74 Å². The quantitative estimate of drug-likeness (QED) is 0.386. The second kappa shape index (κ2) is 18.1. The molecule has 0 heterocycles. The van der Waals surface area contributed by atoms with Crippen molar-refractivity contribution in [2.75, 3.05) is 20.7 Å². The van der Waals surface area contributed by atoms with Crippen molar-refractivity contribution >= 4 is 5.91 Å². The number of para-hydroxylation sites is 1. The van der Waals surface area contributed by atoms with Crippen LogP contribution in [0.3, 0.4) is 0 Å². The van der Waals surface area contributed by atoms with Crippen LogP contribution in [-0.4, -0.2) is 37.7 Å². The second-order valence-corrected chi connectivity index (χ2v) is 7.13. The highest BCUT2D eigenvalue weighted by Gasteiger charge is 2.42. The van der Waals surface area contributed by atoms with Gasteiger partial charge >= 0.3 is 6.18 Å². The average Bonchev–Trinajstić information content (AvgIpc) is 2.74. The van der Waals surface area contributed by atoms with Gasteiger partial charge in [0, 0.05) is 13.6 Å². The number of amides is 1. The number of benzene rings is 1. The highest BCUT2D eigenvalue weighted by Crippen LogP contribution is 2.27. The number of nitrogens with zero attached hydrogens (tertiary/aromatic N) is 1. The Kier molecular flexibility index (Phi) is 18.4. The Balaban J connectivity index is 0. The van der Waals surface area contributed by atoms with Crippen molar-refractivity contribution in [2.24, 2.45) is 11.8 Å². The molecule has 0 saturated carbocycles. The molecule has 0 N–H and O–H groups in total. The van der Waals surface area contributed by atoms with E-state index in [0.29, 0.717) is 12.5 Å². The number of hydrogen-bond acceptors (Lipinski definition) is 2. The van der Waals surface area contributed by atoms with Gasteiger partial charge < -0.3 is 9.64 Å². The SMILES string of the molecule is CC.CCCC(CCC)CCCN(C)C(=O)C(C)C(F)(F)F.COc1ccccc1. The molecular formula is C24H42F3NO2. The molecule has 1 rings (SSSR count). The Morgan fingerprint density at radius 3 is 1.90 bits per heavy atom. The number of alkyl halides is 3. The smallest absolute Gasteiger partial charge is 0.400 e. The standard InChI is InChI=1S/C15H28F3NO.C7H8O.C2H6/c1-5-8-13(9-6-2)10-7-11-19(4)14(20)12(3)15(16,17)18;1-8-7-5-3-2-4-6-7;1-2/h12-13H,5-11H2,1-4H3;2-6H,1H3;1-2H3. The van der Waals surface area contributed by atoms with Gasteiger partial charge in [-0.25, -0.2) is 0 Å². The monoisotopic (exact) mass is 433 g/mol. The number of hydrogen-bond donors (Lipinski definition) is 0. The average molecular weight is 434 g/mol. The molecule has 1 unspecified atom stereocenters. The van der Waals surface area contributed by atoms with Gasteiger partial charge in [0.15, 0.2) is 0 Å². The molecule has 1 atom stereocenters. The summed E-state index contributed by atoms with van der Waals surface area (Å²) >= 11 is 0. The molecular weight excluding hydrogens is 391 g/mol. The van der Waals surface area contributed by atoms with Crippen LogP contribution in [0.4, 0.5) is 13.2 Å². The first kappa shape index (κ1) is 30.5. The summed E-state index contributed by atoms with van der Waals surface area (Å²) in [4.78, 5) is 12.8. The van der Waals surface area contributed by atoms with Crippen LogP contribution in [0, 0.1) is 11.8 Å². The zero-order valence-corrected chi connectivity index (χ0v) is 19.9. The lowest BCUT2D eigenvalue weighted by Crippen LogP contribution is -2.39. The lowest BCUT2D eigenvalue weighted by atomic mass is 9.93. The largest absolute Gasteiger partial charge is 0.497 e. The summed E-state index contributed by atoms with van der Waals surface area (Å²) in [5, 5.41) is 0. The maximum atomic E-state index is 12.5. The third-order valence-corrected chi connectivity index (χ3v) is 4.72. The van der Waals surface area contributed by atoms with Crippen LogP contribution in [0.25, 0.3) is 0 Å². The number of methoxy groups -OCH3 is 1. The van der Waals surface area contributed by atoms with E-state index < -0.39 is 18.0 Å². The van der Waals surface area contributed by atoms with Crippen molar-refractivity contribution in [1.29, 1.82) is 0 Å². The molecule has 0 aromatic heterocycles. The van der Waals surface area contributed by atoms with Gasteiger partial charge in [-0.15, -0.1) is 0 Å². The topological polar surface area (TPSA) is 29.5 Å². The van der Waals surface area contributed by atoms with Crippen molar-refractivity contribution in [3.63, 3.8) is 0 Å². The summed E-state index contributed by atoms with van der Waals surface area (Å²) in [6.45, 7) is 9.62. The molecule has 1 aromatic rings. The van der Waals surface area contributed by atoms with E-state index in [0.717, 1.165) is 51.2 Å². The first-order chi connectivity index (χ1) is 14.2. The lowest BCUT2D eigenvalue weighted by molar-refractivity contribution is -0.184. The fourth-order valence-corrected chi connectivity index (χ4v) is 3.00. The molecule has 3 nitrogen and oxygen atoms in total. The number of carbonyl (C=O) groups excluding carboxylic acids is 1. The Bertz CT molecular complexity index is 515. The van der Waals surface area contributed by atoms with Crippen LogP contribution in [0.15, 0.2) is 30.3 Å². The minimum absolute atomic E-state index is 0.406. The molecule has 0 spiro atoms. The van der Waals surface area contributed by atoms with Crippen LogP contribution in [0.1, 0.15) is 73.1 Å². The van der Waals surface area contributed by atoms with E-state index in [4.69, 9.17) is 4.74 Å². The summed E-state index contributed by atoms with van der Waals surface area (Å²) < 4.78 is 42.3. The summed E-state index contributed by atoms with van der Waals surface area (Å²) in [6.07, 6.45) is 1.89. The zero-order chi connectivity index (χ0) is 23.6. The van der Waals surface area contributed by atoms with Crippen molar-refractivity contribution in [2.45, 2.75) is 79.3 Å². The molecule has 0 saturated heterocycles. The van der Waals surface area contributed by atoms with E-state index in [1.165, 1.54) is 11.9 Å². The highest BCUT2D eigenvalue weighted by molar-refractivity contribution is 5.78. The van der Waals surface area contributed by atoms with Gasteiger partial charge in [-0.2, -0.15) is 13.2 Å². The summed E-state index contributed by atoms with van der Waals surface area (Å²) in [6, 6.07) is 9.68. The molecule has 0 aliphatic carbocycles. The number of carbonyl (C=O) groups is 1. The Hall–Kier alpha value is -1.72. The van der Waals surface area contributed by atoms with Gasteiger partial charge in [-0.3, -0.25) is 4.79 Å². The van der Waals surface area contributed by atoms with Crippen LogP contribution in [0.2, 0.25) is 0 Å². The number of rotatable bonds is 10. The van der Waals surface area contributed by atoms with E-state index in [2.05, 4.69) is 13.8 Å². The van der Waals surface area contributed by atoms with Gasteiger partial charge in [0.25, 0.3) is 0 Å². The Labute approximate surface area is 182 Å². The number of halogens is 3. The molecule has 0 radical (unpaired) electrons. The molecule has 1 amide bonds. The fraction of sp³-hybridized carbons (Fsp3) is 0.708. The minimum Gasteiger partial charge on any atom is -0.497 e. The van der Waals surface area contributed by atoms with Gasteiger partial charge in [0.05, 0.1) is 7.11 Å². The van der Waals surface area contributed by atoms with Gasteiger partial charge in [0.1, 0.15) is 11.7 Å². The van der Waals surface area contributed by atoms with Crippen LogP contribution >= 0.6 is 0 Å². The van der Waals surface area contributed by atoms with Gasteiger partial charge in [-0.1, -0.05) is 71.6 Å². The van der Waals surface area contributed by atoms with E-state index >= 15 is 0 Å². The molecule has 0 bridgehead atoms. The van der Waals surface area contributed by atoms with E-state index in [-0.39, 0.29) is 0 Å². The fourth-order valence-electron chi connectivity index (χ4n) is 3.00. The van der Waals surface area contributed by atoms with Crippen molar-refractivity contribution in [3.05, 3.63) is 30.3 Å². The van der Waals surface area contributed by atoms with E-state index in [9.17, 15) is 18.0 Å². The molecule has 30 heavy (non-hydrogen) atoms. The first-order valence-corrected chi connectivity index (χ1v) is 11.1. The van der Waals surface area contributed by atoms with Crippen molar-refractivity contribution in [3.8, 4) is 5.75 Å². The van der Waals surface area contributed by atoms with Crippen LogP contribution in [0.5, 0.6) is 5.75 Å². The zero-order valence-electron chi connectivity index (χ0n) is 19.9. The van der Waals surface area contributed by atoms with E-state index in [1.807, 2.05) is 44.2 Å². The van der Waals surface area contributed by atoms with Gasteiger partial charge in [-0.05, 0) is 37.8 Å². The molecule has 0 aliphatic rings. The first-order valence-electron chi connectivity index (χ1n) is 11.1. The maximum Gasteiger partial charge on any atom is 0.400 e. The molecule has 6 heteroatoms. The van der Waals surface area contributed by atoms with Crippen molar-refractivity contribution < 1.29 is 22.7 Å². The highest BCUT2D eigenvalue weighted by atomic mass is 19.4. The molecule has 176 valence electrons. The predicted molar refractivity (Wildman–Crippen MR) is 120 cm³/mol. The van der Waals surface area contributed by atoms with Crippen molar-refractivity contribution in [1.82, 2.24) is 4.90 Å². The number of ether oxygens (including phenoxy) is 1. The summed E-state index contributed by atoms with van der Waals surface area (Å²) in [5.74, 6) is -1.20. The summed E-state index contributed by atoms with van der Waals surface area (Å²) in [5.41, 5.74) is 0. The molecule has 0 aliphatic heterocycles. The third kappa shape index (κ3) is 14.3. The lowest BCUT2D eigenvalue weighted by Gasteiger charge is -2.24. The summed E-state index contributed by atoms with van der Waals surface area (Å²) in [7, 11) is 3.12. The van der Waals surface area contributed by atoms with E-state index in [1.54, 1.807) is 7.11 Å².